The van der Waals surface area contributed by atoms with E-state index in [2.05, 4.69) is 15.9 Å². The molecule has 0 unspecified atom stereocenters. The molecular weight excluding hydrogens is 384 g/mol. The summed E-state index contributed by atoms with van der Waals surface area (Å²) in [6, 6.07) is 8.16. The molecule has 0 atom stereocenters. The summed E-state index contributed by atoms with van der Waals surface area (Å²) in [4.78, 5) is 12.3. The minimum Gasteiger partial charge on any atom is -0.503 e. The Morgan fingerprint density at radius 1 is 1.17 bits per heavy atom. The van der Waals surface area contributed by atoms with E-state index >= 15 is 0 Å². The fourth-order valence-corrected chi connectivity index (χ4v) is 2.61. The number of phenolic OH excluding ortho intramolecular Hbond substituents is 1. The molecule has 2 rings (SSSR count). The lowest BCUT2D eigenvalue weighted by atomic mass is 10.1. The molecule has 0 saturated carbocycles. The van der Waals surface area contributed by atoms with E-state index < -0.39 is 0 Å². The highest BCUT2D eigenvalue weighted by atomic mass is 79.9. The van der Waals surface area contributed by atoms with Gasteiger partial charge in [-0.3, -0.25) is 4.79 Å². The number of phenols is 1. The van der Waals surface area contributed by atoms with Crippen LogP contribution in [-0.2, 0) is 0 Å². The Hall–Kier alpha value is -1.98. The Bertz CT molecular complexity index is 771. The van der Waals surface area contributed by atoms with Crippen molar-refractivity contribution in [2.45, 2.75) is 0 Å². The van der Waals surface area contributed by atoms with Crippen LogP contribution in [0.25, 0.3) is 6.08 Å². The van der Waals surface area contributed by atoms with E-state index in [9.17, 15) is 9.90 Å². The zero-order valence-electron chi connectivity index (χ0n) is 12.5. The van der Waals surface area contributed by atoms with Crippen LogP contribution in [0.1, 0.15) is 15.9 Å². The summed E-state index contributed by atoms with van der Waals surface area (Å²) < 4.78 is 10.7. The molecule has 0 heterocycles. The van der Waals surface area contributed by atoms with Gasteiger partial charge in [-0.2, -0.15) is 0 Å². The molecule has 0 saturated heterocycles. The number of benzene rings is 2. The van der Waals surface area contributed by atoms with Crippen LogP contribution in [-0.4, -0.2) is 25.1 Å². The minimum atomic E-state index is -0.243. The van der Waals surface area contributed by atoms with Crippen LogP contribution in [0.15, 0.2) is 40.9 Å². The number of ether oxygens (including phenoxy) is 2. The van der Waals surface area contributed by atoms with Gasteiger partial charge in [0.25, 0.3) is 0 Å². The van der Waals surface area contributed by atoms with Crippen molar-refractivity contribution in [3.63, 3.8) is 0 Å². The van der Waals surface area contributed by atoms with Crippen molar-refractivity contribution in [2.24, 2.45) is 0 Å². The summed E-state index contributed by atoms with van der Waals surface area (Å²) in [7, 11) is 2.95. The van der Waals surface area contributed by atoms with Crippen LogP contribution in [0, 0.1) is 0 Å². The lowest BCUT2D eigenvalue weighted by Gasteiger charge is -2.07. The number of hydrogen-bond donors (Lipinski definition) is 1. The summed E-state index contributed by atoms with van der Waals surface area (Å²) in [5.74, 6) is 0.528. The van der Waals surface area contributed by atoms with Crippen LogP contribution in [0.3, 0.4) is 0 Å². The maximum atomic E-state index is 12.3. The monoisotopic (exact) mass is 396 g/mol. The molecule has 0 aromatic heterocycles. The minimum absolute atomic E-state index is 0.00693. The molecule has 0 aliphatic rings. The topological polar surface area (TPSA) is 55.8 Å². The molecule has 2 aromatic rings. The molecule has 120 valence electrons. The number of hydrogen-bond acceptors (Lipinski definition) is 4. The van der Waals surface area contributed by atoms with Crippen molar-refractivity contribution < 1.29 is 19.4 Å². The first-order valence-electron chi connectivity index (χ1n) is 6.58. The predicted molar refractivity (Wildman–Crippen MR) is 93.7 cm³/mol. The Kier molecular flexibility index (Phi) is 5.69. The highest BCUT2D eigenvalue weighted by Crippen LogP contribution is 2.35. The van der Waals surface area contributed by atoms with E-state index in [-0.39, 0.29) is 11.5 Å². The third kappa shape index (κ3) is 4.06. The second-order valence-electron chi connectivity index (χ2n) is 4.60. The van der Waals surface area contributed by atoms with Gasteiger partial charge >= 0.3 is 0 Å². The maximum Gasteiger partial charge on any atom is 0.189 e. The van der Waals surface area contributed by atoms with Gasteiger partial charge in [0, 0.05) is 5.02 Å². The fourth-order valence-electron chi connectivity index (χ4n) is 1.98. The molecule has 0 aliphatic heterocycles. The lowest BCUT2D eigenvalue weighted by Crippen LogP contribution is -1.98. The van der Waals surface area contributed by atoms with Gasteiger partial charge in [-0.15, -0.1) is 0 Å². The third-order valence-electron chi connectivity index (χ3n) is 3.12. The molecule has 0 aliphatic carbocycles. The van der Waals surface area contributed by atoms with Crippen LogP contribution in [0.2, 0.25) is 5.02 Å². The van der Waals surface area contributed by atoms with Gasteiger partial charge < -0.3 is 14.6 Å². The van der Waals surface area contributed by atoms with E-state index in [1.165, 1.54) is 20.3 Å². The van der Waals surface area contributed by atoms with E-state index in [1.807, 2.05) is 0 Å². The predicted octanol–water partition coefficient (Wildman–Crippen LogP) is 4.72. The van der Waals surface area contributed by atoms with E-state index in [1.54, 1.807) is 36.4 Å². The number of allylic oxidation sites excluding steroid dienone is 1. The van der Waals surface area contributed by atoms with Gasteiger partial charge in [0.1, 0.15) is 5.75 Å². The molecule has 2 aromatic carbocycles. The van der Waals surface area contributed by atoms with E-state index in [0.717, 1.165) is 0 Å². The second-order valence-corrected chi connectivity index (χ2v) is 5.89. The average molecular weight is 398 g/mol. The smallest absolute Gasteiger partial charge is 0.189 e. The zero-order chi connectivity index (χ0) is 17.0. The summed E-state index contributed by atoms with van der Waals surface area (Å²) in [6.07, 6.45) is 3.03. The highest BCUT2D eigenvalue weighted by molar-refractivity contribution is 9.10. The molecule has 0 radical (unpaired) electrons. The molecule has 4 nitrogen and oxygen atoms in total. The van der Waals surface area contributed by atoms with Crippen molar-refractivity contribution in [1.82, 2.24) is 0 Å². The number of rotatable bonds is 5. The summed E-state index contributed by atoms with van der Waals surface area (Å²) in [5.41, 5.74) is 1.07. The van der Waals surface area contributed by atoms with Crippen LogP contribution < -0.4 is 9.47 Å². The van der Waals surface area contributed by atoms with Gasteiger partial charge in [0.05, 0.1) is 24.3 Å². The Morgan fingerprint density at radius 2 is 1.87 bits per heavy atom. The fraction of sp³-hybridized carbons (Fsp3) is 0.118. The number of carbonyl (C=O) groups excluding carboxylic acids is 1. The summed E-state index contributed by atoms with van der Waals surface area (Å²) >= 11 is 9.17. The standard InChI is InChI=1S/C17H14BrClO4/c1-22-15-6-4-11(19)9-12(15)14(20)5-3-10-7-13(18)17(21)16(8-10)23-2/h3-9,21H,1-2H3/b5-3+. The molecule has 0 fully saturated rings. The largest absolute Gasteiger partial charge is 0.503 e. The Balaban J connectivity index is 2.32. The third-order valence-corrected chi connectivity index (χ3v) is 3.96. The number of methoxy groups -OCH3 is 2. The molecule has 0 bridgehead atoms. The average Bonchev–Trinajstić information content (AvgIpc) is 2.55. The van der Waals surface area contributed by atoms with Gasteiger partial charge in [0.15, 0.2) is 17.3 Å². The number of carbonyl (C=O) groups is 1. The van der Waals surface area contributed by atoms with Crippen molar-refractivity contribution in [1.29, 1.82) is 0 Å². The first-order chi connectivity index (χ1) is 11.0. The summed E-state index contributed by atoms with van der Waals surface area (Å²) in [5, 5.41) is 10.2. The number of halogens is 2. The summed E-state index contributed by atoms with van der Waals surface area (Å²) in [6.45, 7) is 0. The first kappa shape index (κ1) is 17.4. The maximum absolute atomic E-state index is 12.3. The van der Waals surface area contributed by atoms with E-state index in [4.69, 9.17) is 21.1 Å². The quantitative estimate of drug-likeness (QED) is 0.586. The van der Waals surface area contributed by atoms with Gasteiger partial charge in [-0.1, -0.05) is 17.7 Å². The van der Waals surface area contributed by atoms with Crippen molar-refractivity contribution >= 4 is 39.4 Å². The normalized spacial score (nSPS) is 10.8. The highest BCUT2D eigenvalue weighted by Gasteiger charge is 2.11. The van der Waals surface area contributed by atoms with Crippen molar-refractivity contribution in [3.05, 3.63) is 57.0 Å². The second kappa shape index (κ2) is 7.53. The molecule has 0 spiro atoms. The SMILES string of the molecule is COc1ccc(Cl)cc1C(=O)/C=C/c1cc(Br)c(O)c(OC)c1. The molecule has 0 amide bonds. The van der Waals surface area contributed by atoms with Crippen molar-refractivity contribution in [2.75, 3.05) is 14.2 Å². The van der Waals surface area contributed by atoms with E-state index in [0.29, 0.717) is 32.1 Å². The van der Waals surface area contributed by atoms with Crippen molar-refractivity contribution in [3.8, 4) is 17.2 Å². The van der Waals surface area contributed by atoms with Crippen LogP contribution >= 0.6 is 27.5 Å². The number of ketones is 1. The van der Waals surface area contributed by atoms with Crippen LogP contribution in [0.4, 0.5) is 0 Å². The van der Waals surface area contributed by atoms with Gasteiger partial charge in [0.2, 0.25) is 0 Å². The Labute approximate surface area is 147 Å². The Morgan fingerprint density at radius 3 is 2.52 bits per heavy atom. The molecule has 1 N–H and O–H groups in total. The molecule has 23 heavy (non-hydrogen) atoms. The molecular formula is C17H14BrClO4. The lowest BCUT2D eigenvalue weighted by molar-refractivity contribution is 0.104. The van der Waals surface area contributed by atoms with Gasteiger partial charge in [-0.05, 0) is 57.9 Å². The van der Waals surface area contributed by atoms with Crippen LogP contribution in [0.5, 0.6) is 17.2 Å². The van der Waals surface area contributed by atoms with Gasteiger partial charge in [-0.25, -0.2) is 0 Å². The first-order valence-corrected chi connectivity index (χ1v) is 7.75. The molecule has 6 heteroatoms. The zero-order valence-corrected chi connectivity index (χ0v) is 14.8. The number of aromatic hydroxyl groups is 1.